The number of carbonyl (C=O) groups excluding carboxylic acids is 1. The number of anilines is 1. The van der Waals surface area contributed by atoms with Gasteiger partial charge in [0.05, 0.1) is 0 Å². The predicted octanol–water partition coefficient (Wildman–Crippen LogP) is 1.84. The molecule has 1 aliphatic rings. The molecule has 27 heavy (non-hydrogen) atoms. The fraction of sp³-hybridized carbons (Fsp3) is 0.176. The third kappa shape index (κ3) is 4.05. The Hall–Kier alpha value is -3.01. The van der Waals surface area contributed by atoms with Crippen LogP contribution in [-0.4, -0.2) is 27.1 Å². The smallest absolute Gasteiger partial charge is 0.313 e. The largest absolute Gasteiger partial charge is 0.340 e. The highest BCUT2D eigenvalue weighted by atomic mass is 35.5. The first-order chi connectivity index (χ1) is 13.2. The highest BCUT2D eigenvalue weighted by Gasteiger charge is 2.30. The normalized spacial score (nSPS) is 19.0. The van der Waals surface area contributed by atoms with Gasteiger partial charge in [-0.1, -0.05) is 28.9 Å². The number of benzene rings is 1. The van der Waals surface area contributed by atoms with Crippen molar-refractivity contribution in [2.45, 2.75) is 18.5 Å². The molecule has 1 fully saturated rings. The van der Waals surface area contributed by atoms with E-state index in [1.807, 2.05) is 24.3 Å². The molecule has 2 unspecified atom stereocenters. The van der Waals surface area contributed by atoms with Crippen molar-refractivity contribution in [1.82, 2.24) is 31.4 Å². The molecule has 0 aliphatic carbocycles. The molecule has 0 radical (unpaired) electrons. The van der Waals surface area contributed by atoms with Gasteiger partial charge in [0.15, 0.2) is 0 Å². The van der Waals surface area contributed by atoms with Crippen LogP contribution in [0.3, 0.4) is 0 Å². The Morgan fingerprint density at radius 3 is 2.89 bits per heavy atom. The number of halogens is 1. The van der Waals surface area contributed by atoms with Gasteiger partial charge in [0.1, 0.15) is 6.04 Å². The first kappa shape index (κ1) is 17.4. The van der Waals surface area contributed by atoms with Gasteiger partial charge in [0.2, 0.25) is 5.82 Å². The minimum absolute atomic E-state index is 0.0128. The van der Waals surface area contributed by atoms with E-state index < -0.39 is 6.04 Å². The van der Waals surface area contributed by atoms with E-state index in [-0.39, 0.29) is 18.0 Å². The monoisotopic (exact) mass is 385 g/mol. The molecule has 138 valence electrons. The number of hydrogen-bond donors (Lipinski definition) is 4. The molecule has 4 N–H and O–H groups in total. The number of nitrogens with zero attached hydrogens (tertiary/aromatic N) is 3. The summed E-state index contributed by atoms with van der Waals surface area (Å²) < 4.78 is 5.08. The van der Waals surface area contributed by atoms with Crippen molar-refractivity contribution in [1.29, 1.82) is 0 Å². The van der Waals surface area contributed by atoms with Crippen molar-refractivity contribution in [2.75, 3.05) is 5.43 Å². The molecule has 1 saturated heterocycles. The minimum Gasteiger partial charge on any atom is -0.313 e. The van der Waals surface area contributed by atoms with Crippen LogP contribution in [0.1, 0.15) is 18.0 Å². The number of aromatic nitrogens is 3. The van der Waals surface area contributed by atoms with Crippen LogP contribution in [0.25, 0.3) is 11.4 Å². The van der Waals surface area contributed by atoms with Gasteiger partial charge in [0, 0.05) is 29.0 Å². The van der Waals surface area contributed by atoms with Crippen LogP contribution in [0.2, 0.25) is 5.02 Å². The molecule has 3 aromatic rings. The lowest BCUT2D eigenvalue weighted by atomic mass is 10.0. The third-order valence-corrected chi connectivity index (χ3v) is 4.36. The van der Waals surface area contributed by atoms with Crippen molar-refractivity contribution in [3.8, 4) is 11.4 Å². The summed E-state index contributed by atoms with van der Waals surface area (Å²) >= 11 is 6.02. The first-order valence-electron chi connectivity index (χ1n) is 8.25. The average molecular weight is 386 g/mol. The summed E-state index contributed by atoms with van der Waals surface area (Å²) in [7, 11) is 0. The summed E-state index contributed by atoms with van der Waals surface area (Å²) in [6.45, 7) is 0. The average Bonchev–Trinajstić information content (AvgIpc) is 3.37. The Balaban J connectivity index is 1.32. The van der Waals surface area contributed by atoms with Gasteiger partial charge in [-0.3, -0.25) is 15.2 Å². The van der Waals surface area contributed by atoms with Gasteiger partial charge >= 0.3 is 6.01 Å². The van der Waals surface area contributed by atoms with Crippen molar-refractivity contribution in [3.63, 3.8) is 0 Å². The second-order valence-electron chi connectivity index (χ2n) is 5.96. The maximum absolute atomic E-state index is 12.3. The van der Waals surface area contributed by atoms with Gasteiger partial charge in [-0.25, -0.2) is 16.3 Å². The number of amides is 1. The molecule has 0 bridgehead atoms. The second-order valence-corrected chi connectivity index (χ2v) is 6.39. The fourth-order valence-corrected chi connectivity index (χ4v) is 2.96. The van der Waals surface area contributed by atoms with E-state index in [0.717, 1.165) is 11.1 Å². The summed E-state index contributed by atoms with van der Waals surface area (Å²) in [5.41, 5.74) is 13.0. The molecule has 4 rings (SSSR count). The maximum Gasteiger partial charge on any atom is 0.340 e. The molecule has 0 saturated carbocycles. The van der Waals surface area contributed by atoms with Crippen molar-refractivity contribution >= 4 is 23.5 Å². The Bertz CT molecular complexity index is 934. The molecular formula is C17H16ClN7O2. The lowest BCUT2D eigenvalue weighted by Crippen LogP contribution is -2.45. The number of hydrogen-bond acceptors (Lipinski definition) is 8. The third-order valence-electron chi connectivity index (χ3n) is 4.13. The van der Waals surface area contributed by atoms with Crippen molar-refractivity contribution in [2.24, 2.45) is 0 Å². The lowest BCUT2D eigenvalue weighted by molar-refractivity contribution is -0.122. The Labute approximate surface area is 159 Å². The molecule has 10 heteroatoms. The van der Waals surface area contributed by atoms with E-state index in [2.05, 4.69) is 36.8 Å². The molecular weight excluding hydrogens is 370 g/mol. The zero-order valence-corrected chi connectivity index (χ0v) is 14.8. The summed E-state index contributed by atoms with van der Waals surface area (Å²) in [6, 6.07) is 10.7. The molecule has 1 aromatic carbocycles. The van der Waals surface area contributed by atoms with Crippen LogP contribution < -0.4 is 21.7 Å². The number of hydrazine groups is 2. The summed E-state index contributed by atoms with van der Waals surface area (Å²) in [6.07, 6.45) is 3.84. The van der Waals surface area contributed by atoms with Crippen LogP contribution >= 0.6 is 11.6 Å². The van der Waals surface area contributed by atoms with Crippen LogP contribution in [0.5, 0.6) is 0 Å². The molecule has 1 amide bonds. The van der Waals surface area contributed by atoms with E-state index in [0.29, 0.717) is 17.3 Å². The summed E-state index contributed by atoms with van der Waals surface area (Å²) in [5.74, 6) is 0.145. The van der Waals surface area contributed by atoms with Gasteiger partial charge in [-0.15, -0.1) is 0 Å². The predicted molar refractivity (Wildman–Crippen MR) is 98.2 cm³/mol. The Morgan fingerprint density at radius 1 is 1.22 bits per heavy atom. The molecule has 9 nitrogen and oxygen atoms in total. The van der Waals surface area contributed by atoms with Crippen LogP contribution in [0, 0.1) is 0 Å². The summed E-state index contributed by atoms with van der Waals surface area (Å²) in [5, 5.41) is 4.51. The van der Waals surface area contributed by atoms with Gasteiger partial charge in [-0.05, 0) is 36.2 Å². The molecule has 3 heterocycles. The van der Waals surface area contributed by atoms with Crippen LogP contribution in [-0.2, 0) is 4.79 Å². The number of pyridine rings is 1. The number of rotatable bonds is 5. The van der Waals surface area contributed by atoms with Gasteiger partial charge in [0.25, 0.3) is 5.91 Å². The molecule has 0 spiro atoms. The van der Waals surface area contributed by atoms with E-state index in [1.165, 1.54) is 0 Å². The van der Waals surface area contributed by atoms with Crippen molar-refractivity contribution in [3.05, 3.63) is 59.4 Å². The quantitative estimate of drug-likeness (QED) is 0.491. The standard InChI is InChI=1S/C17H16ClN7O2/c18-12-3-1-2-11(8-12)13-9-14(22-21-13)16(26)23-24-17-20-15(25-27-17)10-4-6-19-7-5-10/h1-8,13-14,21-22H,9H2,(H,23,26)(H,20,24,25). The second kappa shape index (κ2) is 7.70. The Morgan fingerprint density at radius 2 is 2.07 bits per heavy atom. The summed E-state index contributed by atoms with van der Waals surface area (Å²) in [4.78, 5) is 20.4. The number of nitrogens with one attached hydrogen (secondary N) is 4. The van der Waals surface area contributed by atoms with Crippen LogP contribution in [0.4, 0.5) is 6.01 Å². The van der Waals surface area contributed by atoms with Crippen LogP contribution in [0.15, 0.2) is 53.3 Å². The van der Waals surface area contributed by atoms with Gasteiger partial charge < -0.3 is 4.52 Å². The first-order valence-corrected chi connectivity index (χ1v) is 8.63. The van der Waals surface area contributed by atoms with E-state index in [9.17, 15) is 4.79 Å². The molecule has 1 aliphatic heterocycles. The highest BCUT2D eigenvalue weighted by molar-refractivity contribution is 6.30. The number of carbonyl (C=O) groups is 1. The highest BCUT2D eigenvalue weighted by Crippen LogP contribution is 2.24. The molecule has 2 aromatic heterocycles. The maximum atomic E-state index is 12.3. The van der Waals surface area contributed by atoms with Gasteiger partial charge in [-0.2, -0.15) is 4.98 Å². The van der Waals surface area contributed by atoms with E-state index in [4.69, 9.17) is 16.1 Å². The lowest BCUT2D eigenvalue weighted by Gasteiger charge is -2.10. The Kier molecular flexibility index (Phi) is 4.97. The zero-order chi connectivity index (χ0) is 18.6. The van der Waals surface area contributed by atoms with Crippen molar-refractivity contribution < 1.29 is 9.32 Å². The van der Waals surface area contributed by atoms with E-state index in [1.54, 1.807) is 24.5 Å². The molecule has 2 atom stereocenters. The zero-order valence-electron chi connectivity index (χ0n) is 14.0. The minimum atomic E-state index is -0.427. The van der Waals surface area contributed by atoms with E-state index >= 15 is 0 Å². The SMILES string of the molecule is O=C(NNc1nc(-c2ccncc2)no1)C1CC(c2cccc(Cl)c2)NN1. The fourth-order valence-electron chi connectivity index (χ4n) is 2.76. The topological polar surface area (TPSA) is 117 Å².